The molecule has 0 aromatic heterocycles. The summed E-state index contributed by atoms with van der Waals surface area (Å²) in [6, 6.07) is 10.7. The molecule has 1 aromatic carbocycles. The summed E-state index contributed by atoms with van der Waals surface area (Å²) < 4.78 is 0. The van der Waals surface area contributed by atoms with Gasteiger partial charge in [0, 0.05) is 25.6 Å². The number of nitrogens with one attached hydrogen (secondary N) is 1. The SMILES string of the molecule is O=C(NC[C@@H]1CCN(CCc2ccccc2)C1)[C@H]1C[C@@H]1C1CC1. The second-order valence-corrected chi connectivity index (χ2v) is 7.78. The van der Waals surface area contributed by atoms with E-state index in [9.17, 15) is 4.79 Å². The van der Waals surface area contributed by atoms with Crippen molar-refractivity contribution in [2.24, 2.45) is 23.7 Å². The Balaban J connectivity index is 1.14. The van der Waals surface area contributed by atoms with Gasteiger partial charge in [-0.05, 0) is 62.0 Å². The average molecular weight is 312 g/mol. The molecule has 2 saturated carbocycles. The van der Waals surface area contributed by atoms with E-state index < -0.39 is 0 Å². The summed E-state index contributed by atoms with van der Waals surface area (Å²) in [5.41, 5.74) is 1.42. The zero-order valence-electron chi connectivity index (χ0n) is 13.9. The Kier molecular flexibility index (Phi) is 4.39. The normalized spacial score (nSPS) is 30.3. The van der Waals surface area contributed by atoms with Crippen LogP contribution in [-0.4, -0.2) is 37.0 Å². The fraction of sp³-hybridized carbons (Fsp3) is 0.650. The molecule has 124 valence electrons. The highest BCUT2D eigenvalue weighted by Gasteiger charge is 2.51. The number of carbonyl (C=O) groups excluding carboxylic acids is 1. The minimum Gasteiger partial charge on any atom is -0.356 e. The van der Waals surface area contributed by atoms with Crippen LogP contribution in [0.5, 0.6) is 0 Å². The number of likely N-dealkylation sites (tertiary alicyclic amines) is 1. The maximum atomic E-state index is 12.2. The van der Waals surface area contributed by atoms with Crippen LogP contribution >= 0.6 is 0 Å². The van der Waals surface area contributed by atoms with E-state index in [-0.39, 0.29) is 0 Å². The lowest BCUT2D eigenvalue weighted by molar-refractivity contribution is -0.122. The lowest BCUT2D eigenvalue weighted by Crippen LogP contribution is -2.32. The van der Waals surface area contributed by atoms with Crippen LogP contribution in [0.4, 0.5) is 0 Å². The molecule has 2 aliphatic carbocycles. The molecule has 23 heavy (non-hydrogen) atoms. The minimum atomic E-state index is 0.338. The Bertz CT molecular complexity index is 540. The summed E-state index contributed by atoms with van der Waals surface area (Å²) in [6.45, 7) is 4.35. The van der Waals surface area contributed by atoms with Crippen LogP contribution in [0, 0.1) is 23.7 Å². The van der Waals surface area contributed by atoms with Crippen LogP contribution in [0.3, 0.4) is 0 Å². The maximum absolute atomic E-state index is 12.2. The van der Waals surface area contributed by atoms with Crippen molar-refractivity contribution in [3.8, 4) is 0 Å². The number of benzene rings is 1. The van der Waals surface area contributed by atoms with Gasteiger partial charge < -0.3 is 10.2 Å². The Morgan fingerprint density at radius 3 is 2.78 bits per heavy atom. The standard InChI is InChI=1S/C20H28N2O/c23-20(19-12-18(19)17-6-7-17)21-13-16-9-11-22(14-16)10-8-15-4-2-1-3-5-15/h1-5,16-19H,6-14H2,(H,21,23)/t16-,18+,19-/m0/s1. The van der Waals surface area contributed by atoms with Gasteiger partial charge in [0.2, 0.25) is 5.91 Å². The Hall–Kier alpha value is -1.35. The van der Waals surface area contributed by atoms with E-state index in [0.29, 0.717) is 17.7 Å². The first kappa shape index (κ1) is 15.2. The van der Waals surface area contributed by atoms with E-state index in [4.69, 9.17) is 0 Å². The number of amides is 1. The Morgan fingerprint density at radius 1 is 1.17 bits per heavy atom. The van der Waals surface area contributed by atoms with Gasteiger partial charge in [0.15, 0.2) is 0 Å². The van der Waals surface area contributed by atoms with Gasteiger partial charge in [0.25, 0.3) is 0 Å². The molecule has 3 aliphatic rings. The summed E-state index contributed by atoms with van der Waals surface area (Å²) in [5, 5.41) is 3.23. The van der Waals surface area contributed by atoms with Crippen molar-refractivity contribution >= 4 is 5.91 Å². The van der Waals surface area contributed by atoms with Crippen molar-refractivity contribution in [1.29, 1.82) is 0 Å². The van der Waals surface area contributed by atoms with Crippen molar-refractivity contribution in [1.82, 2.24) is 10.2 Å². The molecule has 1 N–H and O–H groups in total. The maximum Gasteiger partial charge on any atom is 0.223 e. The Morgan fingerprint density at radius 2 is 2.00 bits per heavy atom. The van der Waals surface area contributed by atoms with Gasteiger partial charge in [0.1, 0.15) is 0 Å². The van der Waals surface area contributed by atoms with E-state index >= 15 is 0 Å². The molecule has 1 heterocycles. The summed E-state index contributed by atoms with van der Waals surface area (Å²) in [5.74, 6) is 2.97. The molecule has 3 heteroatoms. The molecule has 3 fully saturated rings. The van der Waals surface area contributed by atoms with Gasteiger partial charge in [-0.1, -0.05) is 30.3 Å². The second-order valence-electron chi connectivity index (χ2n) is 7.78. The molecule has 3 atom stereocenters. The number of nitrogens with zero attached hydrogens (tertiary/aromatic N) is 1. The molecular formula is C20H28N2O. The average Bonchev–Trinajstić information content (AvgIpc) is 3.48. The first-order valence-electron chi connectivity index (χ1n) is 9.33. The van der Waals surface area contributed by atoms with E-state index in [1.165, 1.54) is 31.4 Å². The van der Waals surface area contributed by atoms with Crippen LogP contribution in [0.15, 0.2) is 30.3 Å². The van der Waals surface area contributed by atoms with Crippen LogP contribution in [0.1, 0.15) is 31.2 Å². The quantitative estimate of drug-likeness (QED) is 0.839. The molecule has 0 spiro atoms. The number of hydrogen-bond acceptors (Lipinski definition) is 2. The molecule has 0 unspecified atom stereocenters. The molecule has 1 amide bonds. The van der Waals surface area contributed by atoms with Crippen molar-refractivity contribution in [3.63, 3.8) is 0 Å². The van der Waals surface area contributed by atoms with Crippen molar-refractivity contribution < 1.29 is 4.79 Å². The molecule has 1 aromatic rings. The van der Waals surface area contributed by atoms with Gasteiger partial charge >= 0.3 is 0 Å². The molecule has 0 bridgehead atoms. The monoisotopic (exact) mass is 312 g/mol. The number of hydrogen-bond donors (Lipinski definition) is 1. The fourth-order valence-electron chi connectivity index (χ4n) is 4.15. The van der Waals surface area contributed by atoms with Crippen molar-refractivity contribution in [2.45, 2.75) is 32.1 Å². The smallest absolute Gasteiger partial charge is 0.223 e. The zero-order valence-corrected chi connectivity index (χ0v) is 13.9. The second kappa shape index (κ2) is 6.64. The van der Waals surface area contributed by atoms with E-state index in [1.54, 1.807) is 0 Å². The minimum absolute atomic E-state index is 0.338. The predicted molar refractivity (Wildman–Crippen MR) is 92.0 cm³/mol. The molecule has 0 radical (unpaired) electrons. The number of carbonyl (C=O) groups is 1. The lowest BCUT2D eigenvalue weighted by atomic mass is 10.1. The first-order valence-corrected chi connectivity index (χ1v) is 9.33. The summed E-state index contributed by atoms with van der Waals surface area (Å²) in [6.07, 6.45) is 6.25. The molecular weight excluding hydrogens is 284 g/mol. The Labute approximate surface area is 139 Å². The molecule has 1 aliphatic heterocycles. The topological polar surface area (TPSA) is 32.3 Å². The number of rotatable bonds is 7. The van der Waals surface area contributed by atoms with Crippen LogP contribution in [0.25, 0.3) is 0 Å². The molecule has 3 nitrogen and oxygen atoms in total. The lowest BCUT2D eigenvalue weighted by Gasteiger charge is -2.16. The molecule has 1 saturated heterocycles. The fourth-order valence-corrected chi connectivity index (χ4v) is 4.15. The van der Waals surface area contributed by atoms with Crippen LogP contribution in [0.2, 0.25) is 0 Å². The third-order valence-electron chi connectivity index (χ3n) is 5.90. The van der Waals surface area contributed by atoms with Gasteiger partial charge in [-0.2, -0.15) is 0 Å². The van der Waals surface area contributed by atoms with Crippen molar-refractivity contribution in [3.05, 3.63) is 35.9 Å². The summed E-state index contributed by atoms with van der Waals surface area (Å²) >= 11 is 0. The van der Waals surface area contributed by atoms with Gasteiger partial charge in [-0.15, -0.1) is 0 Å². The summed E-state index contributed by atoms with van der Waals surface area (Å²) in [7, 11) is 0. The van der Waals surface area contributed by atoms with Gasteiger partial charge in [-0.3, -0.25) is 4.79 Å². The van der Waals surface area contributed by atoms with Crippen LogP contribution in [-0.2, 0) is 11.2 Å². The van der Waals surface area contributed by atoms with E-state index in [2.05, 4.69) is 40.5 Å². The highest BCUT2D eigenvalue weighted by Crippen LogP contribution is 2.54. The van der Waals surface area contributed by atoms with E-state index in [0.717, 1.165) is 44.3 Å². The third-order valence-corrected chi connectivity index (χ3v) is 5.90. The zero-order chi connectivity index (χ0) is 15.6. The summed E-state index contributed by atoms with van der Waals surface area (Å²) in [4.78, 5) is 14.7. The third kappa shape index (κ3) is 3.95. The first-order chi connectivity index (χ1) is 11.3. The molecule has 4 rings (SSSR count). The van der Waals surface area contributed by atoms with Crippen molar-refractivity contribution in [2.75, 3.05) is 26.2 Å². The highest BCUT2D eigenvalue weighted by molar-refractivity contribution is 5.81. The predicted octanol–water partition coefficient (Wildman–Crippen LogP) is 2.71. The largest absolute Gasteiger partial charge is 0.356 e. The van der Waals surface area contributed by atoms with E-state index in [1.807, 2.05) is 0 Å². The highest BCUT2D eigenvalue weighted by atomic mass is 16.2. The van der Waals surface area contributed by atoms with Crippen LogP contribution < -0.4 is 5.32 Å². The van der Waals surface area contributed by atoms with Gasteiger partial charge in [-0.25, -0.2) is 0 Å². The van der Waals surface area contributed by atoms with Gasteiger partial charge in [0.05, 0.1) is 0 Å².